The van der Waals surface area contributed by atoms with Crippen LogP contribution in [0.4, 0.5) is 0 Å². The molecule has 2 aliphatic heterocycles. The summed E-state index contributed by atoms with van der Waals surface area (Å²) in [6.45, 7) is 9.25. The number of halogens is 2. The third-order valence-corrected chi connectivity index (χ3v) is 5.04. The average molecular weight is 383 g/mol. The number of piperazine rings is 1. The van der Waals surface area contributed by atoms with Crippen LogP contribution in [0.25, 0.3) is 0 Å². The number of rotatable bonds is 5. The average Bonchev–Trinajstić information content (AvgIpc) is 3.08. The molecule has 2 unspecified atom stereocenters. The van der Waals surface area contributed by atoms with Crippen molar-refractivity contribution < 1.29 is 9.59 Å². The molecule has 0 spiro atoms. The smallest absolute Gasteiger partial charge is 0.239 e. The van der Waals surface area contributed by atoms with Gasteiger partial charge in [-0.25, -0.2) is 0 Å². The molecule has 0 aromatic heterocycles. The van der Waals surface area contributed by atoms with Gasteiger partial charge in [0, 0.05) is 39.3 Å². The van der Waals surface area contributed by atoms with Crippen LogP contribution in [0.5, 0.6) is 0 Å². The van der Waals surface area contributed by atoms with Crippen LogP contribution in [0, 0.1) is 5.92 Å². The van der Waals surface area contributed by atoms with Gasteiger partial charge in [0.15, 0.2) is 0 Å². The summed E-state index contributed by atoms with van der Waals surface area (Å²) in [5, 5.41) is 0. The van der Waals surface area contributed by atoms with E-state index in [1.165, 1.54) is 0 Å². The molecule has 2 saturated heterocycles. The summed E-state index contributed by atoms with van der Waals surface area (Å²) in [6.07, 6.45) is 3.17. The summed E-state index contributed by atoms with van der Waals surface area (Å²) >= 11 is 0. The van der Waals surface area contributed by atoms with Gasteiger partial charge in [0.2, 0.25) is 11.8 Å². The van der Waals surface area contributed by atoms with Crippen LogP contribution in [-0.2, 0) is 9.59 Å². The second kappa shape index (κ2) is 11.1. The Morgan fingerprint density at radius 2 is 1.50 bits per heavy atom. The Morgan fingerprint density at radius 1 is 0.958 bits per heavy atom. The summed E-state index contributed by atoms with van der Waals surface area (Å²) in [5.41, 5.74) is 6.03. The number of amides is 2. The van der Waals surface area contributed by atoms with Crippen LogP contribution in [-0.4, -0.2) is 78.4 Å². The van der Waals surface area contributed by atoms with Gasteiger partial charge < -0.3 is 15.5 Å². The minimum Gasteiger partial charge on any atom is -0.342 e. The van der Waals surface area contributed by atoms with E-state index in [1.807, 2.05) is 16.7 Å². The third-order valence-electron chi connectivity index (χ3n) is 5.04. The fourth-order valence-corrected chi connectivity index (χ4v) is 3.09. The number of hydrogen-bond donors (Lipinski definition) is 1. The predicted molar refractivity (Wildman–Crippen MR) is 101 cm³/mol. The summed E-state index contributed by atoms with van der Waals surface area (Å²) in [4.78, 5) is 30.5. The Balaban J connectivity index is 0.00000264. The van der Waals surface area contributed by atoms with Crippen LogP contribution in [0.3, 0.4) is 0 Å². The zero-order valence-corrected chi connectivity index (χ0v) is 16.4. The second-order valence-corrected chi connectivity index (χ2v) is 6.60. The standard InChI is InChI=1S/C16H30N4O2.2ClH/c1-3-13(2)15(17)16(22)20-10-8-18(9-11-20)12-14(21)19-6-4-5-7-19;;/h13,15H,3-12,17H2,1-2H3;2*1H. The molecule has 8 heteroatoms. The van der Waals surface area contributed by atoms with E-state index in [0.29, 0.717) is 19.6 Å². The quantitative estimate of drug-likeness (QED) is 0.768. The lowest BCUT2D eigenvalue weighted by Gasteiger charge is -2.36. The third kappa shape index (κ3) is 6.06. The molecule has 0 aromatic rings. The van der Waals surface area contributed by atoms with Crippen LogP contribution in [0.1, 0.15) is 33.1 Å². The first kappa shape index (κ1) is 23.4. The Bertz CT molecular complexity index is 398. The number of carbonyl (C=O) groups is 2. The Labute approximate surface area is 157 Å². The summed E-state index contributed by atoms with van der Waals surface area (Å²) in [6, 6.07) is -0.400. The number of hydrogen-bond acceptors (Lipinski definition) is 4. The van der Waals surface area contributed by atoms with Gasteiger partial charge in [-0.05, 0) is 18.8 Å². The van der Waals surface area contributed by atoms with Crippen molar-refractivity contribution in [1.29, 1.82) is 0 Å². The number of carbonyl (C=O) groups excluding carboxylic acids is 2. The van der Waals surface area contributed by atoms with Crippen LogP contribution >= 0.6 is 24.8 Å². The lowest BCUT2D eigenvalue weighted by atomic mass is 9.98. The van der Waals surface area contributed by atoms with Gasteiger partial charge in [0.05, 0.1) is 12.6 Å². The maximum absolute atomic E-state index is 12.3. The molecule has 0 radical (unpaired) electrons. The molecule has 2 amide bonds. The molecule has 0 aromatic carbocycles. The fraction of sp³-hybridized carbons (Fsp3) is 0.875. The van der Waals surface area contributed by atoms with E-state index in [0.717, 1.165) is 45.4 Å². The van der Waals surface area contributed by atoms with E-state index in [1.54, 1.807) is 0 Å². The van der Waals surface area contributed by atoms with Gasteiger partial charge in [0.25, 0.3) is 0 Å². The monoisotopic (exact) mass is 382 g/mol. The molecule has 2 heterocycles. The second-order valence-electron chi connectivity index (χ2n) is 6.60. The zero-order valence-electron chi connectivity index (χ0n) is 14.8. The molecule has 2 atom stereocenters. The van der Waals surface area contributed by atoms with Crippen molar-refractivity contribution in [3.05, 3.63) is 0 Å². The van der Waals surface area contributed by atoms with Crippen LogP contribution in [0.15, 0.2) is 0 Å². The van der Waals surface area contributed by atoms with Crippen molar-refractivity contribution in [3.8, 4) is 0 Å². The normalized spacial score (nSPS) is 20.8. The first-order valence-electron chi connectivity index (χ1n) is 8.57. The maximum atomic E-state index is 12.3. The number of likely N-dealkylation sites (tertiary alicyclic amines) is 1. The van der Waals surface area contributed by atoms with Crippen LogP contribution < -0.4 is 5.73 Å². The van der Waals surface area contributed by atoms with Gasteiger partial charge >= 0.3 is 0 Å². The van der Waals surface area contributed by atoms with Gasteiger partial charge in [-0.1, -0.05) is 20.3 Å². The van der Waals surface area contributed by atoms with Crippen molar-refractivity contribution in [1.82, 2.24) is 14.7 Å². The molecule has 0 saturated carbocycles. The lowest BCUT2D eigenvalue weighted by molar-refractivity contribution is -0.136. The highest BCUT2D eigenvalue weighted by Gasteiger charge is 2.29. The molecular weight excluding hydrogens is 351 g/mol. The van der Waals surface area contributed by atoms with Gasteiger partial charge in [-0.15, -0.1) is 24.8 Å². The Morgan fingerprint density at radius 3 is 2.00 bits per heavy atom. The van der Waals surface area contributed by atoms with Gasteiger partial charge in [0.1, 0.15) is 0 Å². The van der Waals surface area contributed by atoms with E-state index in [2.05, 4.69) is 11.8 Å². The highest BCUT2D eigenvalue weighted by Crippen LogP contribution is 2.12. The van der Waals surface area contributed by atoms with E-state index >= 15 is 0 Å². The molecule has 2 aliphatic rings. The Hall–Kier alpha value is -0.560. The molecule has 2 N–H and O–H groups in total. The van der Waals surface area contributed by atoms with Gasteiger partial charge in [-0.3, -0.25) is 14.5 Å². The van der Waals surface area contributed by atoms with E-state index in [9.17, 15) is 9.59 Å². The first-order chi connectivity index (χ1) is 10.5. The highest BCUT2D eigenvalue weighted by molar-refractivity contribution is 5.85. The molecule has 6 nitrogen and oxygen atoms in total. The topological polar surface area (TPSA) is 69.9 Å². The van der Waals surface area contributed by atoms with Crippen molar-refractivity contribution >= 4 is 36.6 Å². The molecule has 0 bridgehead atoms. The number of nitrogens with zero attached hydrogens (tertiary/aromatic N) is 3. The van der Waals surface area contributed by atoms with E-state index in [4.69, 9.17) is 5.73 Å². The molecular formula is C16H32Cl2N4O2. The molecule has 0 aliphatic carbocycles. The van der Waals surface area contributed by atoms with Crippen LogP contribution in [0.2, 0.25) is 0 Å². The molecule has 2 fully saturated rings. The minimum absolute atomic E-state index is 0. The van der Waals surface area contributed by atoms with E-state index < -0.39 is 6.04 Å². The van der Waals surface area contributed by atoms with Crippen molar-refractivity contribution in [3.63, 3.8) is 0 Å². The summed E-state index contributed by atoms with van der Waals surface area (Å²) < 4.78 is 0. The minimum atomic E-state index is -0.400. The first-order valence-corrected chi connectivity index (χ1v) is 8.57. The lowest BCUT2D eigenvalue weighted by Crippen LogP contribution is -2.55. The largest absolute Gasteiger partial charge is 0.342 e. The van der Waals surface area contributed by atoms with Crippen molar-refractivity contribution in [2.75, 3.05) is 45.8 Å². The van der Waals surface area contributed by atoms with Gasteiger partial charge in [-0.2, -0.15) is 0 Å². The highest BCUT2D eigenvalue weighted by atomic mass is 35.5. The van der Waals surface area contributed by atoms with Crippen molar-refractivity contribution in [2.45, 2.75) is 39.2 Å². The molecule has 2 rings (SSSR count). The maximum Gasteiger partial charge on any atom is 0.239 e. The summed E-state index contributed by atoms with van der Waals surface area (Å²) in [5.74, 6) is 0.496. The van der Waals surface area contributed by atoms with Crippen molar-refractivity contribution in [2.24, 2.45) is 11.7 Å². The SMILES string of the molecule is CCC(C)C(N)C(=O)N1CCN(CC(=O)N2CCCC2)CC1.Cl.Cl. The number of nitrogens with two attached hydrogens (primary N) is 1. The Kier molecular flexibility index (Phi) is 10.9. The predicted octanol–water partition coefficient (Wildman–Crippen LogP) is 0.970. The molecule has 24 heavy (non-hydrogen) atoms. The summed E-state index contributed by atoms with van der Waals surface area (Å²) in [7, 11) is 0. The zero-order chi connectivity index (χ0) is 16.1. The molecule has 142 valence electrons. The fourth-order valence-electron chi connectivity index (χ4n) is 3.09. The van der Waals surface area contributed by atoms with E-state index in [-0.39, 0.29) is 42.5 Å².